The van der Waals surface area contributed by atoms with E-state index in [-0.39, 0.29) is 5.91 Å². The quantitative estimate of drug-likeness (QED) is 0.744. The topological polar surface area (TPSA) is 51.2 Å². The number of aromatic nitrogens is 1. The summed E-state index contributed by atoms with van der Waals surface area (Å²) in [6.07, 6.45) is 0.939. The van der Waals surface area contributed by atoms with Crippen molar-refractivity contribution in [1.29, 1.82) is 0 Å². The number of hydrogen-bond donors (Lipinski definition) is 1. The number of carbonyl (C=O) groups is 1. The molecule has 0 saturated carbocycles. The van der Waals surface area contributed by atoms with E-state index in [1.807, 2.05) is 36.4 Å². The molecule has 23 heavy (non-hydrogen) atoms. The highest BCUT2D eigenvalue weighted by molar-refractivity contribution is 7.18. The van der Waals surface area contributed by atoms with E-state index < -0.39 is 0 Å². The number of ether oxygens (including phenoxy) is 1. The maximum Gasteiger partial charge on any atom is 0.251 e. The second kappa shape index (κ2) is 7.24. The van der Waals surface area contributed by atoms with E-state index in [1.165, 1.54) is 0 Å². The fourth-order valence-electron chi connectivity index (χ4n) is 2.20. The van der Waals surface area contributed by atoms with E-state index in [4.69, 9.17) is 4.74 Å². The third-order valence-corrected chi connectivity index (χ3v) is 4.34. The predicted octanol–water partition coefficient (Wildman–Crippen LogP) is 4.02. The van der Waals surface area contributed by atoms with Crippen LogP contribution in [0.1, 0.15) is 28.7 Å². The van der Waals surface area contributed by atoms with Crippen molar-refractivity contribution >= 4 is 27.5 Å². The summed E-state index contributed by atoms with van der Waals surface area (Å²) in [6.45, 7) is 3.13. The van der Waals surface area contributed by atoms with Crippen LogP contribution in [0.3, 0.4) is 0 Å². The molecule has 0 unspecified atom stereocenters. The molecule has 0 aliphatic heterocycles. The summed E-state index contributed by atoms with van der Waals surface area (Å²) in [5, 5.41) is 3.81. The van der Waals surface area contributed by atoms with Gasteiger partial charge in [-0.3, -0.25) is 4.79 Å². The third kappa shape index (κ3) is 3.87. The first kappa shape index (κ1) is 15.5. The van der Waals surface area contributed by atoms with Crippen molar-refractivity contribution in [3.8, 4) is 5.75 Å². The lowest BCUT2D eigenvalue weighted by molar-refractivity contribution is 0.0950. The number of amides is 1. The molecule has 2 aromatic carbocycles. The van der Waals surface area contributed by atoms with Gasteiger partial charge in [-0.2, -0.15) is 0 Å². The smallest absolute Gasteiger partial charge is 0.251 e. The van der Waals surface area contributed by atoms with Gasteiger partial charge in [-0.1, -0.05) is 25.1 Å². The van der Waals surface area contributed by atoms with Gasteiger partial charge in [0, 0.05) is 5.56 Å². The lowest BCUT2D eigenvalue weighted by Gasteiger charge is -2.07. The van der Waals surface area contributed by atoms with E-state index in [0.29, 0.717) is 18.7 Å². The maximum absolute atomic E-state index is 12.3. The Morgan fingerprint density at radius 1 is 1.22 bits per heavy atom. The standard InChI is InChI=1S/C18H18N2O2S/c1-2-10-22-14-7-5-6-13(11-14)18(21)19-12-17-20-15-8-3-4-9-16(15)23-17/h3-9,11H,2,10,12H2,1H3,(H,19,21). The fraction of sp³-hybridized carbons (Fsp3) is 0.222. The van der Waals surface area contributed by atoms with Gasteiger partial charge in [-0.05, 0) is 36.8 Å². The Bertz CT molecular complexity index is 780. The van der Waals surface area contributed by atoms with Crippen LogP contribution in [-0.4, -0.2) is 17.5 Å². The van der Waals surface area contributed by atoms with Gasteiger partial charge < -0.3 is 10.1 Å². The minimum atomic E-state index is -0.119. The third-order valence-electron chi connectivity index (χ3n) is 3.31. The summed E-state index contributed by atoms with van der Waals surface area (Å²) < 4.78 is 6.69. The van der Waals surface area contributed by atoms with Crippen LogP contribution >= 0.6 is 11.3 Å². The van der Waals surface area contributed by atoms with Crippen LogP contribution in [0.5, 0.6) is 5.75 Å². The molecule has 0 saturated heterocycles. The van der Waals surface area contributed by atoms with Gasteiger partial charge in [0.15, 0.2) is 0 Å². The van der Waals surface area contributed by atoms with E-state index in [1.54, 1.807) is 23.5 Å². The minimum Gasteiger partial charge on any atom is -0.494 e. The summed E-state index contributed by atoms with van der Waals surface area (Å²) in [5.41, 5.74) is 1.57. The Kier molecular flexibility index (Phi) is 4.88. The van der Waals surface area contributed by atoms with Crippen molar-refractivity contribution < 1.29 is 9.53 Å². The Morgan fingerprint density at radius 2 is 2.09 bits per heavy atom. The first-order chi connectivity index (χ1) is 11.3. The molecule has 0 radical (unpaired) electrons. The number of hydrogen-bond acceptors (Lipinski definition) is 4. The van der Waals surface area contributed by atoms with Crippen LogP contribution in [0, 0.1) is 0 Å². The van der Waals surface area contributed by atoms with Gasteiger partial charge >= 0.3 is 0 Å². The number of carbonyl (C=O) groups excluding carboxylic acids is 1. The molecule has 0 atom stereocenters. The summed E-state index contributed by atoms with van der Waals surface area (Å²) in [4.78, 5) is 16.8. The molecule has 1 aromatic heterocycles. The van der Waals surface area contributed by atoms with Crippen LogP contribution in [0.4, 0.5) is 0 Å². The highest BCUT2D eigenvalue weighted by Crippen LogP contribution is 2.21. The minimum absolute atomic E-state index is 0.119. The molecule has 3 rings (SSSR count). The zero-order valence-electron chi connectivity index (χ0n) is 12.9. The molecule has 118 valence electrons. The maximum atomic E-state index is 12.3. The normalized spacial score (nSPS) is 10.7. The number of nitrogens with zero attached hydrogens (tertiary/aromatic N) is 1. The molecule has 3 aromatic rings. The van der Waals surface area contributed by atoms with Crippen LogP contribution in [-0.2, 0) is 6.54 Å². The molecular weight excluding hydrogens is 308 g/mol. The monoisotopic (exact) mass is 326 g/mol. The van der Waals surface area contributed by atoms with Crippen molar-refractivity contribution in [1.82, 2.24) is 10.3 Å². The predicted molar refractivity (Wildman–Crippen MR) is 93.0 cm³/mol. The highest BCUT2D eigenvalue weighted by Gasteiger charge is 2.09. The van der Waals surface area contributed by atoms with Gasteiger partial charge in [0.2, 0.25) is 0 Å². The lowest BCUT2D eigenvalue weighted by Crippen LogP contribution is -2.22. The molecule has 0 aliphatic carbocycles. The molecule has 1 heterocycles. The summed E-state index contributed by atoms with van der Waals surface area (Å²) in [6, 6.07) is 15.2. The molecule has 0 spiro atoms. The van der Waals surface area contributed by atoms with Crippen molar-refractivity contribution in [3.05, 3.63) is 59.1 Å². The van der Waals surface area contributed by atoms with Crippen LogP contribution in [0.2, 0.25) is 0 Å². The number of para-hydroxylation sites is 1. The summed E-state index contributed by atoms with van der Waals surface area (Å²) in [5.74, 6) is 0.602. The van der Waals surface area contributed by atoms with Gasteiger partial charge in [0.05, 0.1) is 23.4 Å². The Balaban J connectivity index is 1.64. The lowest BCUT2D eigenvalue weighted by atomic mass is 10.2. The van der Waals surface area contributed by atoms with Crippen molar-refractivity contribution in [2.45, 2.75) is 19.9 Å². The van der Waals surface area contributed by atoms with E-state index in [2.05, 4.69) is 17.2 Å². The average Bonchev–Trinajstić information content (AvgIpc) is 3.01. The summed E-state index contributed by atoms with van der Waals surface area (Å²) >= 11 is 1.60. The molecule has 4 nitrogen and oxygen atoms in total. The second-order valence-corrected chi connectivity index (χ2v) is 6.25. The molecule has 1 amide bonds. The van der Waals surface area contributed by atoms with E-state index >= 15 is 0 Å². The number of nitrogens with one attached hydrogen (secondary N) is 1. The second-order valence-electron chi connectivity index (χ2n) is 5.13. The Morgan fingerprint density at radius 3 is 2.91 bits per heavy atom. The summed E-state index contributed by atoms with van der Waals surface area (Å²) in [7, 11) is 0. The number of benzene rings is 2. The molecule has 1 N–H and O–H groups in total. The van der Waals surface area contributed by atoms with E-state index in [0.717, 1.165) is 27.4 Å². The number of rotatable bonds is 6. The molecule has 0 fully saturated rings. The Labute approximate surface area is 139 Å². The van der Waals surface area contributed by atoms with Gasteiger partial charge in [-0.25, -0.2) is 4.98 Å². The molecule has 0 bridgehead atoms. The van der Waals surface area contributed by atoms with Gasteiger partial charge in [0.25, 0.3) is 5.91 Å². The average molecular weight is 326 g/mol. The molecule has 0 aliphatic rings. The molecule has 5 heteroatoms. The highest BCUT2D eigenvalue weighted by atomic mass is 32.1. The zero-order chi connectivity index (χ0) is 16.1. The van der Waals surface area contributed by atoms with Crippen LogP contribution in [0.15, 0.2) is 48.5 Å². The van der Waals surface area contributed by atoms with Gasteiger partial charge in [0.1, 0.15) is 10.8 Å². The fourth-order valence-corrected chi connectivity index (χ4v) is 3.11. The van der Waals surface area contributed by atoms with Crippen molar-refractivity contribution in [2.24, 2.45) is 0 Å². The van der Waals surface area contributed by atoms with E-state index in [9.17, 15) is 4.79 Å². The Hall–Kier alpha value is -2.40. The number of thiazole rings is 1. The van der Waals surface area contributed by atoms with Crippen LogP contribution < -0.4 is 10.1 Å². The van der Waals surface area contributed by atoms with Crippen molar-refractivity contribution in [2.75, 3.05) is 6.61 Å². The molecular formula is C18H18N2O2S. The first-order valence-electron chi connectivity index (χ1n) is 7.62. The van der Waals surface area contributed by atoms with Crippen LogP contribution in [0.25, 0.3) is 10.2 Å². The van der Waals surface area contributed by atoms with Crippen molar-refractivity contribution in [3.63, 3.8) is 0 Å². The zero-order valence-corrected chi connectivity index (χ0v) is 13.7. The van der Waals surface area contributed by atoms with Gasteiger partial charge in [-0.15, -0.1) is 11.3 Å². The SMILES string of the molecule is CCCOc1cccc(C(=O)NCc2nc3ccccc3s2)c1. The largest absolute Gasteiger partial charge is 0.494 e. The number of fused-ring (bicyclic) bond motifs is 1. The first-order valence-corrected chi connectivity index (χ1v) is 8.43.